The molecule has 0 spiro atoms. The molecule has 1 aliphatic heterocycles. The SMILES string of the molecule is CCc1ccc(-c2ccc(Cl)cc2Cl)cc1/C=C1\C(=O)C(C)(C)OC1(C)C. The molecule has 3 rings (SSSR count). The highest BCUT2D eigenvalue weighted by Gasteiger charge is 2.49. The van der Waals surface area contributed by atoms with Crippen LogP contribution in [0.25, 0.3) is 17.2 Å². The molecule has 0 saturated carbocycles. The van der Waals surface area contributed by atoms with Crippen LogP contribution in [0.2, 0.25) is 10.0 Å². The van der Waals surface area contributed by atoms with Crippen molar-refractivity contribution < 1.29 is 9.53 Å². The van der Waals surface area contributed by atoms with Gasteiger partial charge in [0.05, 0.1) is 5.60 Å². The number of ether oxygens (including phenoxy) is 1. The van der Waals surface area contributed by atoms with Gasteiger partial charge in [0.15, 0.2) is 5.78 Å². The van der Waals surface area contributed by atoms with Crippen LogP contribution in [0.3, 0.4) is 0 Å². The Bertz CT molecular complexity index is 939. The largest absolute Gasteiger partial charge is 0.357 e. The lowest BCUT2D eigenvalue weighted by molar-refractivity contribution is -0.132. The molecule has 2 aromatic rings. The Morgan fingerprint density at radius 1 is 1.00 bits per heavy atom. The first-order valence-electron chi connectivity index (χ1n) is 9.10. The Morgan fingerprint density at radius 2 is 1.70 bits per heavy atom. The molecule has 0 aliphatic carbocycles. The molecule has 0 atom stereocenters. The summed E-state index contributed by atoms with van der Waals surface area (Å²) in [6.07, 6.45) is 2.84. The molecule has 1 aliphatic rings. The predicted molar refractivity (Wildman–Crippen MR) is 114 cm³/mol. The van der Waals surface area contributed by atoms with E-state index in [9.17, 15) is 4.79 Å². The monoisotopic (exact) mass is 402 g/mol. The van der Waals surface area contributed by atoms with Crippen molar-refractivity contribution in [3.8, 4) is 11.1 Å². The van der Waals surface area contributed by atoms with E-state index < -0.39 is 11.2 Å². The topological polar surface area (TPSA) is 26.3 Å². The number of benzene rings is 2. The van der Waals surface area contributed by atoms with E-state index in [-0.39, 0.29) is 5.78 Å². The van der Waals surface area contributed by atoms with Gasteiger partial charge in [-0.15, -0.1) is 0 Å². The van der Waals surface area contributed by atoms with Gasteiger partial charge in [0.2, 0.25) is 0 Å². The highest BCUT2D eigenvalue weighted by molar-refractivity contribution is 6.36. The second-order valence-electron chi connectivity index (χ2n) is 7.90. The van der Waals surface area contributed by atoms with Gasteiger partial charge in [-0.05, 0) is 75.1 Å². The van der Waals surface area contributed by atoms with E-state index >= 15 is 0 Å². The Labute approximate surface area is 171 Å². The maximum atomic E-state index is 12.9. The second kappa shape index (κ2) is 7.09. The van der Waals surface area contributed by atoms with Crippen molar-refractivity contribution in [2.45, 2.75) is 52.2 Å². The molecular weight excluding hydrogens is 379 g/mol. The number of ketones is 1. The second-order valence-corrected chi connectivity index (χ2v) is 8.74. The average Bonchev–Trinajstić information content (AvgIpc) is 2.72. The summed E-state index contributed by atoms with van der Waals surface area (Å²) in [7, 11) is 0. The van der Waals surface area contributed by atoms with Crippen molar-refractivity contribution in [3.63, 3.8) is 0 Å². The maximum Gasteiger partial charge on any atom is 0.192 e. The number of rotatable bonds is 3. The number of hydrogen-bond acceptors (Lipinski definition) is 2. The van der Waals surface area contributed by atoms with Crippen LogP contribution in [0.4, 0.5) is 0 Å². The van der Waals surface area contributed by atoms with Crippen molar-refractivity contribution in [2.24, 2.45) is 0 Å². The molecule has 2 nitrogen and oxygen atoms in total. The first kappa shape index (κ1) is 20.1. The minimum absolute atomic E-state index is 0.0319. The van der Waals surface area contributed by atoms with Gasteiger partial charge < -0.3 is 4.74 Å². The van der Waals surface area contributed by atoms with Gasteiger partial charge in [0.1, 0.15) is 5.60 Å². The van der Waals surface area contributed by atoms with Gasteiger partial charge in [0.25, 0.3) is 0 Å². The normalized spacial score (nSPS) is 19.7. The number of carbonyl (C=O) groups is 1. The zero-order chi connectivity index (χ0) is 20.0. The third kappa shape index (κ3) is 3.85. The van der Waals surface area contributed by atoms with Crippen LogP contribution in [0.15, 0.2) is 42.0 Å². The molecule has 0 unspecified atom stereocenters. The van der Waals surface area contributed by atoms with Gasteiger partial charge in [-0.3, -0.25) is 4.79 Å². The number of aryl methyl sites for hydroxylation is 1. The molecule has 0 aromatic heterocycles. The van der Waals surface area contributed by atoms with Crippen LogP contribution < -0.4 is 0 Å². The van der Waals surface area contributed by atoms with E-state index in [4.69, 9.17) is 27.9 Å². The van der Waals surface area contributed by atoms with Crippen LogP contribution in [0.5, 0.6) is 0 Å². The van der Waals surface area contributed by atoms with Crippen LogP contribution in [-0.2, 0) is 16.0 Å². The van der Waals surface area contributed by atoms with Crippen molar-refractivity contribution in [2.75, 3.05) is 0 Å². The molecule has 1 heterocycles. The molecule has 0 bridgehead atoms. The number of Topliss-reactive ketones (excluding diaryl/α,β-unsaturated/α-hetero) is 1. The van der Waals surface area contributed by atoms with Crippen LogP contribution >= 0.6 is 23.2 Å². The molecule has 142 valence electrons. The van der Waals surface area contributed by atoms with Crippen LogP contribution in [0, 0.1) is 0 Å². The van der Waals surface area contributed by atoms with Crippen molar-refractivity contribution in [1.82, 2.24) is 0 Å². The summed E-state index contributed by atoms with van der Waals surface area (Å²) in [4.78, 5) is 12.9. The van der Waals surface area contributed by atoms with Gasteiger partial charge in [0, 0.05) is 21.2 Å². The summed E-state index contributed by atoms with van der Waals surface area (Å²) in [5, 5.41) is 1.21. The van der Waals surface area contributed by atoms with Crippen molar-refractivity contribution in [1.29, 1.82) is 0 Å². The first-order valence-corrected chi connectivity index (χ1v) is 9.86. The quantitative estimate of drug-likeness (QED) is 0.529. The molecule has 4 heteroatoms. The summed E-state index contributed by atoms with van der Waals surface area (Å²) < 4.78 is 6.00. The highest BCUT2D eigenvalue weighted by atomic mass is 35.5. The molecule has 0 radical (unpaired) electrons. The lowest BCUT2D eigenvalue weighted by atomic mass is 9.88. The van der Waals surface area contributed by atoms with Crippen molar-refractivity contribution >= 4 is 35.1 Å². The fourth-order valence-electron chi connectivity index (χ4n) is 3.67. The van der Waals surface area contributed by atoms with E-state index in [1.54, 1.807) is 6.07 Å². The fraction of sp³-hybridized carbons (Fsp3) is 0.348. The summed E-state index contributed by atoms with van der Waals surface area (Å²) in [6.45, 7) is 9.63. The van der Waals surface area contributed by atoms with Crippen LogP contribution in [-0.4, -0.2) is 17.0 Å². The predicted octanol–water partition coefficient (Wildman–Crippen LogP) is 6.76. The maximum absolute atomic E-state index is 12.9. The Hall–Kier alpha value is -1.61. The Balaban J connectivity index is 2.14. The molecule has 27 heavy (non-hydrogen) atoms. The molecule has 2 aromatic carbocycles. The molecule has 1 saturated heterocycles. The summed E-state index contributed by atoms with van der Waals surface area (Å²) in [6, 6.07) is 11.7. The van der Waals surface area contributed by atoms with Gasteiger partial charge in [-0.25, -0.2) is 0 Å². The van der Waals surface area contributed by atoms with E-state index in [2.05, 4.69) is 25.1 Å². The standard InChI is InChI=1S/C23H24Cl2O2/c1-6-14-7-8-15(18-10-9-17(24)13-20(18)25)11-16(14)12-19-21(26)23(4,5)27-22(19,2)3/h7-13H,6H2,1-5H3/b19-12+. The van der Waals surface area contributed by atoms with E-state index in [1.165, 1.54) is 5.56 Å². The van der Waals surface area contributed by atoms with Gasteiger partial charge in [-0.1, -0.05) is 48.3 Å². The van der Waals surface area contributed by atoms with Gasteiger partial charge in [-0.2, -0.15) is 0 Å². The fourth-order valence-corrected chi connectivity index (χ4v) is 4.19. The lowest BCUT2D eigenvalue weighted by Gasteiger charge is -2.22. The average molecular weight is 403 g/mol. The molecule has 0 amide bonds. The highest BCUT2D eigenvalue weighted by Crippen LogP contribution is 2.40. The summed E-state index contributed by atoms with van der Waals surface area (Å²) >= 11 is 12.4. The number of hydrogen-bond donors (Lipinski definition) is 0. The third-order valence-corrected chi connectivity index (χ3v) is 5.57. The molecule has 1 fully saturated rings. The number of halogens is 2. The molecular formula is C23H24Cl2O2. The lowest BCUT2D eigenvalue weighted by Crippen LogP contribution is -2.29. The van der Waals surface area contributed by atoms with E-state index in [1.807, 2.05) is 45.9 Å². The van der Waals surface area contributed by atoms with Crippen LogP contribution in [0.1, 0.15) is 45.7 Å². The minimum atomic E-state index is -0.807. The first-order chi connectivity index (χ1) is 12.5. The Morgan fingerprint density at radius 3 is 2.26 bits per heavy atom. The third-order valence-electron chi connectivity index (χ3n) is 5.02. The van der Waals surface area contributed by atoms with E-state index in [0.29, 0.717) is 15.6 Å². The summed E-state index contributed by atoms with van der Waals surface area (Å²) in [5.74, 6) is 0.0319. The Kier molecular flexibility index (Phi) is 5.28. The zero-order valence-corrected chi connectivity index (χ0v) is 17.8. The zero-order valence-electron chi connectivity index (χ0n) is 16.3. The smallest absolute Gasteiger partial charge is 0.192 e. The molecule has 0 N–H and O–H groups in total. The van der Waals surface area contributed by atoms with Crippen molar-refractivity contribution in [3.05, 3.63) is 63.1 Å². The van der Waals surface area contributed by atoms with Gasteiger partial charge >= 0.3 is 0 Å². The van der Waals surface area contributed by atoms with E-state index in [0.717, 1.165) is 23.1 Å². The summed E-state index contributed by atoms with van der Waals surface area (Å²) in [5.41, 5.74) is 3.35. The number of carbonyl (C=O) groups excluding carboxylic acids is 1. The minimum Gasteiger partial charge on any atom is -0.357 e.